The average molecular weight is 275 g/mol. The standard InChI is InChI=1S/C15H21N3O2/c1-11-10-20-12(9-19)7-18(11)8-14-13-5-3-4-6-15(13)17(2)16-14/h3-6,11-12,19H,7-10H2,1-2H3. The smallest absolute Gasteiger partial charge is 0.0933 e. The van der Waals surface area contributed by atoms with Crippen molar-refractivity contribution in [2.45, 2.75) is 25.6 Å². The molecule has 2 atom stereocenters. The quantitative estimate of drug-likeness (QED) is 0.913. The van der Waals surface area contributed by atoms with E-state index in [2.05, 4.69) is 29.1 Å². The Labute approximate surface area is 118 Å². The number of hydrogen-bond donors (Lipinski definition) is 1. The van der Waals surface area contributed by atoms with Crippen LogP contribution in [0.4, 0.5) is 0 Å². The fourth-order valence-corrected chi connectivity index (χ4v) is 2.80. The normalized spacial score (nSPS) is 24.4. The number of para-hydroxylation sites is 1. The van der Waals surface area contributed by atoms with Crippen molar-refractivity contribution in [2.75, 3.05) is 19.8 Å². The van der Waals surface area contributed by atoms with E-state index in [1.807, 2.05) is 23.9 Å². The predicted octanol–water partition coefficient (Wildman–Crippen LogP) is 1.15. The number of morpholine rings is 1. The first kappa shape index (κ1) is 13.5. The summed E-state index contributed by atoms with van der Waals surface area (Å²) in [5, 5.41) is 15.1. The Morgan fingerprint density at radius 2 is 2.20 bits per heavy atom. The van der Waals surface area contributed by atoms with E-state index in [0.717, 1.165) is 24.3 Å². The van der Waals surface area contributed by atoms with E-state index in [0.29, 0.717) is 12.6 Å². The molecule has 0 aliphatic carbocycles. The molecule has 108 valence electrons. The number of aliphatic hydroxyl groups excluding tert-OH is 1. The number of rotatable bonds is 3. The van der Waals surface area contributed by atoms with Crippen LogP contribution in [0.5, 0.6) is 0 Å². The van der Waals surface area contributed by atoms with Gasteiger partial charge in [0.05, 0.1) is 30.5 Å². The molecule has 1 aliphatic heterocycles. The number of ether oxygens (including phenoxy) is 1. The van der Waals surface area contributed by atoms with Gasteiger partial charge in [-0.1, -0.05) is 18.2 Å². The first-order valence-corrected chi connectivity index (χ1v) is 7.06. The van der Waals surface area contributed by atoms with Crippen molar-refractivity contribution < 1.29 is 9.84 Å². The maximum atomic E-state index is 9.27. The largest absolute Gasteiger partial charge is 0.394 e. The molecule has 1 aromatic carbocycles. The zero-order chi connectivity index (χ0) is 14.1. The summed E-state index contributed by atoms with van der Waals surface area (Å²) in [5.74, 6) is 0. The minimum absolute atomic E-state index is 0.0756. The van der Waals surface area contributed by atoms with Crippen LogP contribution in [0.3, 0.4) is 0 Å². The highest BCUT2D eigenvalue weighted by atomic mass is 16.5. The van der Waals surface area contributed by atoms with Crippen molar-refractivity contribution in [3.63, 3.8) is 0 Å². The summed E-state index contributed by atoms with van der Waals surface area (Å²) >= 11 is 0. The summed E-state index contributed by atoms with van der Waals surface area (Å²) in [4.78, 5) is 2.33. The second kappa shape index (κ2) is 5.52. The van der Waals surface area contributed by atoms with Gasteiger partial charge in [0, 0.05) is 31.6 Å². The third-order valence-electron chi connectivity index (χ3n) is 4.03. The van der Waals surface area contributed by atoms with Crippen LogP contribution in [0.25, 0.3) is 10.9 Å². The van der Waals surface area contributed by atoms with Crippen LogP contribution in [0, 0.1) is 0 Å². The van der Waals surface area contributed by atoms with Crippen molar-refractivity contribution in [1.82, 2.24) is 14.7 Å². The topological polar surface area (TPSA) is 50.5 Å². The lowest BCUT2D eigenvalue weighted by atomic mass is 10.1. The molecular weight excluding hydrogens is 254 g/mol. The SMILES string of the molecule is CC1COC(CO)CN1Cc1nn(C)c2ccccc12. The summed E-state index contributed by atoms with van der Waals surface area (Å²) in [6, 6.07) is 8.63. The van der Waals surface area contributed by atoms with E-state index < -0.39 is 0 Å². The lowest BCUT2D eigenvalue weighted by Crippen LogP contribution is -2.48. The van der Waals surface area contributed by atoms with Crippen molar-refractivity contribution >= 4 is 10.9 Å². The molecule has 3 rings (SSSR count). The Hall–Kier alpha value is -1.43. The number of aliphatic hydroxyl groups is 1. The molecule has 0 spiro atoms. The predicted molar refractivity (Wildman–Crippen MR) is 77.4 cm³/mol. The second-order valence-corrected chi connectivity index (χ2v) is 5.50. The van der Waals surface area contributed by atoms with Gasteiger partial charge in [-0.3, -0.25) is 9.58 Å². The fraction of sp³-hybridized carbons (Fsp3) is 0.533. The Morgan fingerprint density at radius 3 is 3.00 bits per heavy atom. The van der Waals surface area contributed by atoms with E-state index in [1.165, 1.54) is 5.39 Å². The third kappa shape index (κ3) is 2.44. The van der Waals surface area contributed by atoms with Crippen molar-refractivity contribution in [3.8, 4) is 0 Å². The van der Waals surface area contributed by atoms with E-state index in [-0.39, 0.29) is 12.7 Å². The highest BCUT2D eigenvalue weighted by Gasteiger charge is 2.26. The molecule has 1 fully saturated rings. The van der Waals surface area contributed by atoms with Crippen molar-refractivity contribution in [1.29, 1.82) is 0 Å². The molecule has 0 bridgehead atoms. The van der Waals surface area contributed by atoms with Crippen LogP contribution < -0.4 is 0 Å². The molecule has 20 heavy (non-hydrogen) atoms. The van der Waals surface area contributed by atoms with Crippen molar-refractivity contribution in [3.05, 3.63) is 30.0 Å². The first-order chi connectivity index (χ1) is 9.69. The molecule has 2 unspecified atom stereocenters. The highest BCUT2D eigenvalue weighted by Crippen LogP contribution is 2.21. The fourth-order valence-electron chi connectivity index (χ4n) is 2.80. The zero-order valence-electron chi connectivity index (χ0n) is 12.0. The van der Waals surface area contributed by atoms with Gasteiger partial charge in [-0.2, -0.15) is 5.10 Å². The first-order valence-electron chi connectivity index (χ1n) is 7.06. The van der Waals surface area contributed by atoms with E-state index in [1.54, 1.807) is 0 Å². The number of aryl methyl sites for hydroxylation is 1. The summed E-state index contributed by atoms with van der Waals surface area (Å²) in [6.45, 7) is 4.44. The Kier molecular flexibility index (Phi) is 3.74. The minimum Gasteiger partial charge on any atom is -0.394 e. The van der Waals surface area contributed by atoms with Crippen LogP contribution in [0.2, 0.25) is 0 Å². The van der Waals surface area contributed by atoms with E-state index in [4.69, 9.17) is 4.74 Å². The summed E-state index contributed by atoms with van der Waals surface area (Å²) in [5.41, 5.74) is 2.25. The van der Waals surface area contributed by atoms with Crippen LogP contribution >= 0.6 is 0 Å². The summed E-state index contributed by atoms with van der Waals surface area (Å²) in [7, 11) is 1.98. The van der Waals surface area contributed by atoms with E-state index >= 15 is 0 Å². The van der Waals surface area contributed by atoms with Crippen LogP contribution in [0.15, 0.2) is 24.3 Å². The van der Waals surface area contributed by atoms with Gasteiger partial charge >= 0.3 is 0 Å². The molecule has 2 aromatic rings. The number of benzene rings is 1. The van der Waals surface area contributed by atoms with Gasteiger partial charge in [-0.05, 0) is 13.0 Å². The third-order valence-corrected chi connectivity index (χ3v) is 4.03. The molecule has 1 saturated heterocycles. The lowest BCUT2D eigenvalue weighted by molar-refractivity contribution is -0.0807. The number of nitrogens with zero attached hydrogens (tertiary/aromatic N) is 3. The summed E-state index contributed by atoms with van der Waals surface area (Å²) < 4.78 is 7.51. The molecule has 2 heterocycles. The molecule has 1 N–H and O–H groups in total. The lowest BCUT2D eigenvalue weighted by Gasteiger charge is -2.37. The van der Waals surface area contributed by atoms with Gasteiger partial charge in [-0.15, -0.1) is 0 Å². The van der Waals surface area contributed by atoms with Crippen molar-refractivity contribution in [2.24, 2.45) is 7.05 Å². The molecule has 5 nitrogen and oxygen atoms in total. The number of fused-ring (bicyclic) bond motifs is 1. The molecular formula is C15H21N3O2. The molecule has 1 aromatic heterocycles. The maximum absolute atomic E-state index is 9.27. The second-order valence-electron chi connectivity index (χ2n) is 5.50. The molecule has 0 radical (unpaired) electrons. The van der Waals surface area contributed by atoms with Gasteiger partial charge in [0.15, 0.2) is 0 Å². The molecule has 0 amide bonds. The molecule has 5 heteroatoms. The van der Waals surface area contributed by atoms with Gasteiger partial charge in [-0.25, -0.2) is 0 Å². The van der Waals surface area contributed by atoms with Gasteiger partial charge in [0.25, 0.3) is 0 Å². The number of hydrogen-bond acceptors (Lipinski definition) is 4. The number of aromatic nitrogens is 2. The Morgan fingerprint density at radius 1 is 1.40 bits per heavy atom. The van der Waals surface area contributed by atoms with E-state index in [9.17, 15) is 5.11 Å². The average Bonchev–Trinajstić information content (AvgIpc) is 2.78. The monoisotopic (exact) mass is 275 g/mol. The Bertz CT molecular complexity index is 596. The van der Waals surface area contributed by atoms with Crippen LogP contribution in [-0.2, 0) is 18.3 Å². The highest BCUT2D eigenvalue weighted by molar-refractivity contribution is 5.81. The minimum atomic E-state index is -0.0822. The van der Waals surface area contributed by atoms with Gasteiger partial charge in [0.2, 0.25) is 0 Å². The molecule has 1 aliphatic rings. The van der Waals surface area contributed by atoms with Crippen LogP contribution in [-0.4, -0.2) is 51.7 Å². The maximum Gasteiger partial charge on any atom is 0.0933 e. The Balaban J connectivity index is 1.85. The van der Waals surface area contributed by atoms with Gasteiger partial charge in [0.1, 0.15) is 0 Å². The molecule has 0 saturated carbocycles. The zero-order valence-corrected chi connectivity index (χ0v) is 12.0. The summed E-state index contributed by atoms with van der Waals surface area (Å²) in [6.07, 6.45) is -0.0822. The van der Waals surface area contributed by atoms with Crippen LogP contribution in [0.1, 0.15) is 12.6 Å². The van der Waals surface area contributed by atoms with Gasteiger partial charge < -0.3 is 9.84 Å².